The van der Waals surface area contributed by atoms with E-state index < -0.39 is 0 Å². The van der Waals surface area contributed by atoms with Crippen LogP contribution in [0.15, 0.2) is 67.1 Å². The molecule has 9 heteroatoms. The average Bonchev–Trinajstić information content (AvgIpc) is 3.45. The second-order valence-electron chi connectivity index (χ2n) is 7.90. The maximum atomic E-state index is 13.3. The Morgan fingerprint density at radius 2 is 1.85 bits per heavy atom. The number of carbonyl (C=O) groups excluding carboxylic acids is 1. The molecule has 0 aliphatic carbocycles. The van der Waals surface area contributed by atoms with Crippen LogP contribution in [-0.2, 0) is 13.1 Å². The third-order valence-corrected chi connectivity index (χ3v) is 5.78. The van der Waals surface area contributed by atoms with Gasteiger partial charge >= 0.3 is 0 Å². The summed E-state index contributed by atoms with van der Waals surface area (Å²) in [5, 5.41) is 13.2. The zero-order chi connectivity index (χ0) is 23.7. The van der Waals surface area contributed by atoms with Gasteiger partial charge in [-0.15, -0.1) is 5.10 Å². The summed E-state index contributed by atoms with van der Waals surface area (Å²) in [7, 11) is 0. The molecule has 3 heterocycles. The number of hydrogen-bond donors (Lipinski definition) is 1. The Morgan fingerprint density at radius 1 is 1.06 bits per heavy atom. The van der Waals surface area contributed by atoms with E-state index in [1.165, 1.54) is 0 Å². The molecule has 0 aliphatic heterocycles. The predicted octanol–water partition coefficient (Wildman–Crippen LogP) is 4.97. The van der Waals surface area contributed by atoms with Gasteiger partial charge in [-0.05, 0) is 43.7 Å². The van der Waals surface area contributed by atoms with Crippen LogP contribution in [0, 0.1) is 6.92 Å². The number of amides is 1. The molecule has 0 radical (unpaired) electrons. The molecule has 170 valence electrons. The fourth-order valence-electron chi connectivity index (χ4n) is 3.81. The van der Waals surface area contributed by atoms with Crippen molar-refractivity contribution in [2.75, 3.05) is 5.32 Å². The Labute approximate surface area is 201 Å². The minimum absolute atomic E-state index is 0.233. The summed E-state index contributed by atoms with van der Waals surface area (Å²) in [6.07, 6.45) is 3.54. The molecule has 34 heavy (non-hydrogen) atoms. The van der Waals surface area contributed by atoms with Crippen LogP contribution in [0.5, 0.6) is 0 Å². The first-order chi connectivity index (χ1) is 16.5. The van der Waals surface area contributed by atoms with Crippen molar-refractivity contribution in [3.05, 3.63) is 89.0 Å². The van der Waals surface area contributed by atoms with Gasteiger partial charge in [-0.3, -0.25) is 14.8 Å². The third kappa shape index (κ3) is 4.40. The van der Waals surface area contributed by atoms with E-state index in [-0.39, 0.29) is 11.9 Å². The number of fused-ring (bicyclic) bond motifs is 1. The van der Waals surface area contributed by atoms with E-state index in [1.807, 2.05) is 73.3 Å². The van der Waals surface area contributed by atoms with Crippen molar-refractivity contribution in [1.82, 2.24) is 29.5 Å². The van der Waals surface area contributed by atoms with Crippen molar-refractivity contribution in [1.29, 1.82) is 0 Å². The van der Waals surface area contributed by atoms with E-state index in [4.69, 9.17) is 16.6 Å². The number of rotatable bonds is 6. The molecule has 0 fully saturated rings. The molecule has 0 saturated heterocycles. The second-order valence-corrected chi connectivity index (χ2v) is 8.34. The zero-order valence-corrected chi connectivity index (χ0v) is 19.5. The van der Waals surface area contributed by atoms with Gasteiger partial charge in [0.05, 0.1) is 29.0 Å². The minimum Gasteiger partial charge on any atom is -0.289 e. The number of nitrogens with one attached hydrogen (secondary N) is 1. The summed E-state index contributed by atoms with van der Waals surface area (Å²) in [6.45, 7) is 5.24. The first-order valence-electron chi connectivity index (χ1n) is 10.9. The van der Waals surface area contributed by atoms with Crippen LogP contribution >= 0.6 is 11.6 Å². The molecule has 0 unspecified atom stereocenters. The summed E-state index contributed by atoms with van der Waals surface area (Å²) in [6, 6.07) is 16.9. The number of anilines is 1. The Morgan fingerprint density at radius 3 is 2.62 bits per heavy atom. The van der Waals surface area contributed by atoms with Gasteiger partial charge in [-0.25, -0.2) is 14.6 Å². The van der Waals surface area contributed by atoms with E-state index in [1.54, 1.807) is 17.1 Å². The maximum absolute atomic E-state index is 13.3. The van der Waals surface area contributed by atoms with Gasteiger partial charge in [0.2, 0.25) is 5.95 Å². The third-order valence-electron chi connectivity index (χ3n) is 5.53. The SMILES string of the molecule is CCn1cc(-c2cc(C(=O)Nc3ncn(Cc4ccc(Cl)cc4)n3)c3ccccc3n2)c(C)n1. The Balaban J connectivity index is 1.44. The predicted molar refractivity (Wildman–Crippen MR) is 132 cm³/mol. The van der Waals surface area contributed by atoms with Gasteiger partial charge in [0.25, 0.3) is 5.91 Å². The van der Waals surface area contributed by atoms with Crippen molar-refractivity contribution >= 4 is 34.4 Å². The molecule has 5 aromatic rings. The highest BCUT2D eigenvalue weighted by Gasteiger charge is 2.17. The minimum atomic E-state index is -0.301. The smallest absolute Gasteiger partial charge is 0.258 e. The van der Waals surface area contributed by atoms with Crippen molar-refractivity contribution < 1.29 is 4.79 Å². The first kappa shape index (κ1) is 21.8. The molecule has 1 amide bonds. The molecule has 2 aromatic carbocycles. The number of carbonyl (C=O) groups is 1. The fourth-order valence-corrected chi connectivity index (χ4v) is 3.93. The Bertz CT molecular complexity index is 1490. The van der Waals surface area contributed by atoms with Gasteiger partial charge < -0.3 is 0 Å². The normalized spacial score (nSPS) is 11.1. The van der Waals surface area contributed by atoms with Crippen LogP contribution in [0.4, 0.5) is 5.95 Å². The summed E-state index contributed by atoms with van der Waals surface area (Å²) in [4.78, 5) is 22.3. The monoisotopic (exact) mass is 471 g/mol. The van der Waals surface area contributed by atoms with Crippen LogP contribution in [0.2, 0.25) is 5.02 Å². The highest BCUT2D eigenvalue weighted by atomic mass is 35.5. The lowest BCUT2D eigenvalue weighted by Gasteiger charge is -2.09. The average molecular weight is 472 g/mol. The Hall–Kier alpha value is -4.04. The van der Waals surface area contributed by atoms with E-state index in [9.17, 15) is 4.79 Å². The highest BCUT2D eigenvalue weighted by Crippen LogP contribution is 2.27. The molecule has 8 nitrogen and oxygen atoms in total. The number of nitrogens with zero attached hydrogens (tertiary/aromatic N) is 6. The van der Waals surface area contributed by atoms with Gasteiger partial charge in [0, 0.05) is 28.7 Å². The maximum Gasteiger partial charge on any atom is 0.258 e. The van der Waals surface area contributed by atoms with Gasteiger partial charge in [0.1, 0.15) is 6.33 Å². The van der Waals surface area contributed by atoms with Crippen LogP contribution in [0.3, 0.4) is 0 Å². The highest BCUT2D eigenvalue weighted by molar-refractivity contribution is 6.30. The molecule has 0 atom stereocenters. The van der Waals surface area contributed by atoms with Crippen LogP contribution in [0.1, 0.15) is 28.5 Å². The van der Waals surface area contributed by atoms with E-state index in [0.717, 1.165) is 34.3 Å². The lowest BCUT2D eigenvalue weighted by atomic mass is 10.0. The molecule has 0 aliphatic rings. The molecule has 0 bridgehead atoms. The van der Waals surface area contributed by atoms with Crippen molar-refractivity contribution in [2.24, 2.45) is 0 Å². The van der Waals surface area contributed by atoms with Crippen molar-refractivity contribution in [2.45, 2.75) is 26.9 Å². The van der Waals surface area contributed by atoms with Crippen LogP contribution in [0.25, 0.3) is 22.2 Å². The molecular formula is C25H22ClN7O. The van der Waals surface area contributed by atoms with E-state index in [2.05, 4.69) is 20.5 Å². The molecule has 0 saturated carbocycles. The van der Waals surface area contributed by atoms with Crippen LogP contribution < -0.4 is 5.32 Å². The zero-order valence-electron chi connectivity index (χ0n) is 18.7. The van der Waals surface area contributed by atoms with Gasteiger partial charge in [-0.1, -0.05) is 41.9 Å². The number of benzene rings is 2. The summed E-state index contributed by atoms with van der Waals surface area (Å²) in [5.74, 6) is -0.0685. The number of aromatic nitrogens is 6. The quantitative estimate of drug-likeness (QED) is 0.377. The number of hydrogen-bond acceptors (Lipinski definition) is 5. The van der Waals surface area contributed by atoms with E-state index in [0.29, 0.717) is 22.8 Å². The molecule has 5 rings (SSSR count). The molecule has 0 spiro atoms. The standard InChI is InChI=1S/C25H22ClN7O/c1-3-32-14-21(16(2)30-32)23-12-20(19-6-4-5-7-22(19)28-23)24(34)29-25-27-15-33(31-25)13-17-8-10-18(26)11-9-17/h4-12,14-15H,3,13H2,1-2H3,(H,29,31,34). The summed E-state index contributed by atoms with van der Waals surface area (Å²) in [5.41, 5.74) is 4.71. The second kappa shape index (κ2) is 9.07. The van der Waals surface area contributed by atoms with Crippen molar-refractivity contribution in [3.8, 4) is 11.3 Å². The number of pyridine rings is 1. The first-order valence-corrected chi connectivity index (χ1v) is 11.3. The van der Waals surface area contributed by atoms with Gasteiger partial charge in [0.15, 0.2) is 0 Å². The molecular weight excluding hydrogens is 450 g/mol. The molecule has 1 N–H and O–H groups in total. The summed E-state index contributed by atoms with van der Waals surface area (Å²) >= 11 is 5.95. The van der Waals surface area contributed by atoms with Crippen molar-refractivity contribution in [3.63, 3.8) is 0 Å². The number of para-hydroxylation sites is 1. The lowest BCUT2D eigenvalue weighted by Crippen LogP contribution is -2.14. The topological polar surface area (TPSA) is 90.5 Å². The lowest BCUT2D eigenvalue weighted by molar-refractivity contribution is 0.102. The summed E-state index contributed by atoms with van der Waals surface area (Å²) < 4.78 is 3.52. The Kier molecular flexibility index (Phi) is 5.81. The van der Waals surface area contributed by atoms with E-state index >= 15 is 0 Å². The molecule has 3 aromatic heterocycles. The largest absolute Gasteiger partial charge is 0.289 e. The van der Waals surface area contributed by atoms with Crippen LogP contribution in [-0.4, -0.2) is 35.4 Å². The number of aryl methyl sites for hydroxylation is 2. The fraction of sp³-hybridized carbons (Fsp3) is 0.160. The van der Waals surface area contributed by atoms with Gasteiger partial charge in [-0.2, -0.15) is 5.10 Å². The number of halogens is 1.